The SMILES string of the molecule is CS(=O)(=O)C[C@@H]1C[C@H](NC(=O)O)CC[C@@H]1N1CC[C@H](N)C1=O. The molecule has 0 radical (unpaired) electrons. The predicted molar refractivity (Wildman–Crippen MR) is 80.1 cm³/mol. The highest BCUT2D eigenvalue weighted by molar-refractivity contribution is 7.90. The van der Waals surface area contributed by atoms with Crippen molar-refractivity contribution in [2.75, 3.05) is 18.6 Å². The Morgan fingerprint density at radius 3 is 2.59 bits per heavy atom. The number of likely N-dealkylation sites (tertiary alicyclic amines) is 1. The number of rotatable bonds is 4. The van der Waals surface area contributed by atoms with Gasteiger partial charge in [0.25, 0.3) is 0 Å². The van der Waals surface area contributed by atoms with Crippen LogP contribution in [0.3, 0.4) is 0 Å². The zero-order valence-electron chi connectivity index (χ0n) is 12.6. The second-order valence-electron chi connectivity index (χ2n) is 6.31. The molecule has 2 fully saturated rings. The van der Waals surface area contributed by atoms with Crippen molar-refractivity contribution in [2.45, 2.75) is 43.8 Å². The number of carbonyl (C=O) groups is 2. The van der Waals surface area contributed by atoms with E-state index in [0.29, 0.717) is 32.2 Å². The van der Waals surface area contributed by atoms with E-state index in [1.54, 1.807) is 4.90 Å². The summed E-state index contributed by atoms with van der Waals surface area (Å²) < 4.78 is 23.3. The van der Waals surface area contributed by atoms with Crippen LogP contribution in [0.2, 0.25) is 0 Å². The molecule has 9 heteroatoms. The van der Waals surface area contributed by atoms with Crippen molar-refractivity contribution in [1.29, 1.82) is 0 Å². The molecule has 2 amide bonds. The molecule has 0 aromatic carbocycles. The molecule has 0 aromatic heterocycles. The standard InChI is InChI=1S/C13H23N3O5S/c1-22(20,21)7-8-6-9(15-13(18)19)2-3-11(8)16-5-4-10(14)12(16)17/h8-11,15H,2-7,14H2,1H3,(H,18,19)/t8-,9+,10-,11-/m0/s1. The molecule has 126 valence electrons. The van der Waals surface area contributed by atoms with Gasteiger partial charge in [-0.15, -0.1) is 0 Å². The van der Waals surface area contributed by atoms with Crippen LogP contribution in [0.1, 0.15) is 25.7 Å². The summed E-state index contributed by atoms with van der Waals surface area (Å²) in [5.74, 6) is -0.447. The Hall–Kier alpha value is -1.35. The van der Waals surface area contributed by atoms with Gasteiger partial charge in [-0.3, -0.25) is 4.79 Å². The van der Waals surface area contributed by atoms with Crippen molar-refractivity contribution in [3.05, 3.63) is 0 Å². The molecule has 0 unspecified atom stereocenters. The molecule has 0 bridgehead atoms. The van der Waals surface area contributed by atoms with Crippen LogP contribution < -0.4 is 11.1 Å². The van der Waals surface area contributed by atoms with Crippen LogP contribution in [0.25, 0.3) is 0 Å². The van der Waals surface area contributed by atoms with Crippen LogP contribution in [0.4, 0.5) is 4.79 Å². The smallest absolute Gasteiger partial charge is 0.404 e. The highest BCUT2D eigenvalue weighted by Crippen LogP contribution is 2.32. The monoisotopic (exact) mass is 333 g/mol. The Morgan fingerprint density at radius 1 is 1.41 bits per heavy atom. The van der Waals surface area contributed by atoms with Gasteiger partial charge in [-0.05, 0) is 31.6 Å². The zero-order valence-corrected chi connectivity index (χ0v) is 13.4. The number of amides is 2. The fraction of sp³-hybridized carbons (Fsp3) is 0.846. The molecule has 2 rings (SSSR count). The number of carbonyl (C=O) groups excluding carboxylic acids is 1. The van der Waals surface area contributed by atoms with Crippen LogP contribution in [0, 0.1) is 5.92 Å². The molecule has 22 heavy (non-hydrogen) atoms. The number of nitrogens with zero attached hydrogens (tertiary/aromatic N) is 1. The predicted octanol–water partition coefficient (Wildman–Crippen LogP) is -0.604. The molecular formula is C13H23N3O5S. The Kier molecular flexibility index (Phi) is 4.96. The third-order valence-corrected chi connectivity index (χ3v) is 5.50. The van der Waals surface area contributed by atoms with E-state index in [1.165, 1.54) is 0 Å². The van der Waals surface area contributed by atoms with Gasteiger partial charge in [0.2, 0.25) is 5.91 Å². The van der Waals surface area contributed by atoms with E-state index in [4.69, 9.17) is 10.8 Å². The normalized spacial score (nSPS) is 33.0. The molecule has 8 nitrogen and oxygen atoms in total. The van der Waals surface area contributed by atoms with E-state index in [-0.39, 0.29) is 29.7 Å². The fourth-order valence-electron chi connectivity index (χ4n) is 3.59. The molecule has 4 N–H and O–H groups in total. The van der Waals surface area contributed by atoms with Crippen LogP contribution in [0.15, 0.2) is 0 Å². The van der Waals surface area contributed by atoms with Gasteiger partial charge in [0.1, 0.15) is 9.84 Å². The number of carboxylic acid groups (broad SMARTS) is 1. The average molecular weight is 333 g/mol. The molecule has 0 aromatic rings. The summed E-state index contributed by atoms with van der Waals surface area (Å²) >= 11 is 0. The second kappa shape index (κ2) is 6.41. The average Bonchev–Trinajstić information content (AvgIpc) is 2.68. The van der Waals surface area contributed by atoms with E-state index >= 15 is 0 Å². The van der Waals surface area contributed by atoms with Crippen molar-refractivity contribution < 1.29 is 23.1 Å². The maximum atomic E-state index is 12.1. The number of nitrogens with two attached hydrogens (primary N) is 1. The minimum atomic E-state index is -3.21. The number of nitrogens with one attached hydrogen (secondary N) is 1. The Bertz CT molecular complexity index is 550. The summed E-state index contributed by atoms with van der Waals surface area (Å²) in [6.45, 7) is 0.544. The minimum Gasteiger partial charge on any atom is -0.465 e. The second-order valence-corrected chi connectivity index (χ2v) is 8.49. The Labute approximate surface area is 129 Å². The highest BCUT2D eigenvalue weighted by atomic mass is 32.2. The van der Waals surface area contributed by atoms with Gasteiger partial charge in [0.15, 0.2) is 0 Å². The first-order valence-corrected chi connectivity index (χ1v) is 9.46. The van der Waals surface area contributed by atoms with E-state index in [2.05, 4.69) is 5.32 Å². The topological polar surface area (TPSA) is 130 Å². The van der Waals surface area contributed by atoms with Gasteiger partial charge >= 0.3 is 6.09 Å². The first-order valence-electron chi connectivity index (χ1n) is 7.40. The van der Waals surface area contributed by atoms with Gasteiger partial charge < -0.3 is 21.1 Å². The Balaban J connectivity index is 2.13. The lowest BCUT2D eigenvalue weighted by Crippen LogP contribution is -2.52. The summed E-state index contributed by atoms with van der Waals surface area (Å²) in [5.41, 5.74) is 5.74. The van der Waals surface area contributed by atoms with Crippen LogP contribution in [-0.2, 0) is 14.6 Å². The van der Waals surface area contributed by atoms with Gasteiger partial charge in [-0.1, -0.05) is 0 Å². The molecule has 1 saturated heterocycles. The third kappa shape index (κ3) is 4.10. The molecular weight excluding hydrogens is 310 g/mol. The maximum absolute atomic E-state index is 12.1. The summed E-state index contributed by atoms with van der Waals surface area (Å²) in [4.78, 5) is 24.6. The van der Waals surface area contributed by atoms with Crippen LogP contribution in [-0.4, -0.2) is 67.1 Å². The summed E-state index contributed by atoms with van der Waals surface area (Å²) in [7, 11) is -3.21. The highest BCUT2D eigenvalue weighted by Gasteiger charge is 2.41. The summed E-state index contributed by atoms with van der Waals surface area (Å²) in [5, 5.41) is 11.3. The molecule has 0 spiro atoms. The quantitative estimate of drug-likeness (QED) is 0.629. The molecule has 1 heterocycles. The number of sulfone groups is 1. The first-order chi connectivity index (χ1) is 10.2. The maximum Gasteiger partial charge on any atom is 0.404 e. The third-order valence-electron chi connectivity index (χ3n) is 4.47. The van der Waals surface area contributed by atoms with Gasteiger partial charge in [0.05, 0.1) is 11.8 Å². The van der Waals surface area contributed by atoms with Crippen LogP contribution in [0.5, 0.6) is 0 Å². The lowest BCUT2D eigenvalue weighted by molar-refractivity contribution is -0.132. The van der Waals surface area contributed by atoms with Crippen LogP contribution >= 0.6 is 0 Å². The van der Waals surface area contributed by atoms with Gasteiger partial charge in [-0.2, -0.15) is 0 Å². The van der Waals surface area contributed by atoms with Crippen molar-refractivity contribution in [3.8, 4) is 0 Å². The molecule has 1 aliphatic heterocycles. The molecule has 2 aliphatic rings. The molecule has 4 atom stereocenters. The van der Waals surface area contributed by atoms with E-state index in [9.17, 15) is 18.0 Å². The molecule has 1 aliphatic carbocycles. The number of hydrogen-bond donors (Lipinski definition) is 3. The van der Waals surface area contributed by atoms with Crippen molar-refractivity contribution in [1.82, 2.24) is 10.2 Å². The minimum absolute atomic E-state index is 0.0471. The van der Waals surface area contributed by atoms with Crippen molar-refractivity contribution in [3.63, 3.8) is 0 Å². The van der Waals surface area contributed by atoms with E-state index in [1.807, 2.05) is 0 Å². The zero-order chi connectivity index (χ0) is 16.5. The van der Waals surface area contributed by atoms with Gasteiger partial charge in [-0.25, -0.2) is 13.2 Å². The lowest BCUT2D eigenvalue weighted by atomic mass is 9.81. The fourth-order valence-corrected chi connectivity index (χ4v) is 4.72. The van der Waals surface area contributed by atoms with E-state index < -0.39 is 22.0 Å². The summed E-state index contributed by atoms with van der Waals surface area (Å²) in [6, 6.07) is -0.955. The molecule has 1 saturated carbocycles. The van der Waals surface area contributed by atoms with Crippen molar-refractivity contribution in [2.24, 2.45) is 11.7 Å². The Morgan fingerprint density at radius 2 is 2.09 bits per heavy atom. The lowest BCUT2D eigenvalue weighted by Gasteiger charge is -2.40. The number of hydrogen-bond acceptors (Lipinski definition) is 5. The first kappa shape index (κ1) is 17.0. The van der Waals surface area contributed by atoms with Crippen molar-refractivity contribution >= 4 is 21.8 Å². The van der Waals surface area contributed by atoms with E-state index in [0.717, 1.165) is 6.26 Å². The summed E-state index contributed by atoms with van der Waals surface area (Å²) in [6.07, 6.45) is 2.23. The largest absolute Gasteiger partial charge is 0.465 e. The van der Waals surface area contributed by atoms with Gasteiger partial charge in [0, 0.05) is 24.9 Å².